The maximum atomic E-state index is 11.9. The summed E-state index contributed by atoms with van der Waals surface area (Å²) >= 11 is 3.20. The summed E-state index contributed by atoms with van der Waals surface area (Å²) in [5, 5.41) is 7.84. The molecule has 0 bridgehead atoms. The van der Waals surface area contributed by atoms with Gasteiger partial charge in [-0.05, 0) is 28.4 Å². The molecule has 0 fully saturated rings. The molecule has 0 spiro atoms. The van der Waals surface area contributed by atoms with Gasteiger partial charge in [0, 0.05) is 0 Å². The van der Waals surface area contributed by atoms with Crippen molar-refractivity contribution in [3.8, 4) is 0 Å². The van der Waals surface area contributed by atoms with Crippen LogP contribution in [0.1, 0.15) is 29.0 Å². The normalized spacial score (nSPS) is 11.9. The summed E-state index contributed by atoms with van der Waals surface area (Å²) in [4.78, 5) is 11.9. The molecular formula is C13H12BrN3O2. The highest BCUT2D eigenvalue weighted by Gasteiger charge is 2.23. The van der Waals surface area contributed by atoms with Crippen LogP contribution in [0.15, 0.2) is 47.8 Å². The smallest absolute Gasteiger partial charge is 0.364 e. The summed E-state index contributed by atoms with van der Waals surface area (Å²) in [7, 11) is 0. The van der Waals surface area contributed by atoms with Gasteiger partial charge in [0.2, 0.25) is 0 Å². The average molecular weight is 322 g/mol. The van der Waals surface area contributed by atoms with E-state index in [2.05, 4.69) is 32.8 Å². The van der Waals surface area contributed by atoms with Crippen LogP contribution in [-0.4, -0.2) is 21.0 Å². The maximum absolute atomic E-state index is 11.9. The number of carbonyl (C=O) groups excluding carboxylic acids is 1. The van der Waals surface area contributed by atoms with Crippen LogP contribution in [0.2, 0.25) is 0 Å². The third-order valence-electron chi connectivity index (χ3n) is 2.69. The third kappa shape index (κ3) is 2.73. The zero-order valence-corrected chi connectivity index (χ0v) is 11.9. The van der Waals surface area contributed by atoms with Gasteiger partial charge >= 0.3 is 5.97 Å². The second-order valence-electron chi connectivity index (χ2n) is 3.83. The number of benzene rings is 1. The van der Waals surface area contributed by atoms with Gasteiger partial charge in [-0.25, -0.2) is 9.48 Å². The van der Waals surface area contributed by atoms with Crippen molar-refractivity contribution in [1.29, 1.82) is 0 Å². The van der Waals surface area contributed by atoms with E-state index < -0.39 is 5.97 Å². The molecule has 6 heteroatoms. The van der Waals surface area contributed by atoms with E-state index in [1.165, 1.54) is 4.68 Å². The molecule has 19 heavy (non-hydrogen) atoms. The Morgan fingerprint density at radius 3 is 2.79 bits per heavy atom. The van der Waals surface area contributed by atoms with Crippen molar-refractivity contribution in [2.75, 3.05) is 0 Å². The first-order valence-electron chi connectivity index (χ1n) is 5.62. The number of carbonyl (C=O) groups is 1. The van der Waals surface area contributed by atoms with Gasteiger partial charge < -0.3 is 4.74 Å². The molecule has 0 radical (unpaired) electrons. The van der Waals surface area contributed by atoms with E-state index in [-0.39, 0.29) is 11.7 Å². The van der Waals surface area contributed by atoms with Gasteiger partial charge in [0.15, 0.2) is 10.3 Å². The van der Waals surface area contributed by atoms with Crippen LogP contribution in [0.25, 0.3) is 0 Å². The summed E-state index contributed by atoms with van der Waals surface area (Å²) in [6, 6.07) is 9.58. The molecule has 0 saturated heterocycles. The van der Waals surface area contributed by atoms with Crippen LogP contribution in [-0.2, 0) is 4.74 Å². The number of rotatable bonds is 4. The molecule has 1 heterocycles. The quantitative estimate of drug-likeness (QED) is 0.641. The summed E-state index contributed by atoms with van der Waals surface area (Å²) in [5.74, 6) is -0.547. The highest BCUT2D eigenvalue weighted by atomic mass is 79.9. The topological polar surface area (TPSA) is 57.0 Å². The molecule has 0 N–H and O–H groups in total. The standard InChI is InChI=1S/C13H12BrN3O2/c1-3-19-13(18)11-12(14)15-16-17(11)9(2)10-7-5-4-6-8-10/h3-9H,1H2,2H3/t9-/m1/s1. The number of ether oxygens (including phenoxy) is 1. The van der Waals surface area contributed by atoms with E-state index in [0.717, 1.165) is 11.8 Å². The molecule has 0 aliphatic carbocycles. The average Bonchev–Trinajstić information content (AvgIpc) is 2.81. The summed E-state index contributed by atoms with van der Waals surface area (Å²) in [5.41, 5.74) is 1.28. The van der Waals surface area contributed by atoms with Crippen molar-refractivity contribution in [3.05, 3.63) is 59.0 Å². The minimum Gasteiger partial charge on any atom is -0.430 e. The second kappa shape index (κ2) is 5.79. The van der Waals surface area contributed by atoms with E-state index in [1.54, 1.807) is 0 Å². The van der Waals surface area contributed by atoms with Crippen LogP contribution >= 0.6 is 15.9 Å². The maximum Gasteiger partial charge on any atom is 0.364 e. The molecule has 1 atom stereocenters. The Morgan fingerprint density at radius 1 is 1.47 bits per heavy atom. The van der Waals surface area contributed by atoms with Crippen LogP contribution in [0.3, 0.4) is 0 Å². The number of nitrogens with zero attached hydrogens (tertiary/aromatic N) is 3. The third-order valence-corrected chi connectivity index (χ3v) is 3.22. The van der Waals surface area contributed by atoms with Crippen LogP contribution in [0.5, 0.6) is 0 Å². The highest BCUT2D eigenvalue weighted by molar-refractivity contribution is 9.10. The molecule has 2 aromatic rings. The van der Waals surface area contributed by atoms with Gasteiger partial charge in [-0.3, -0.25) is 0 Å². The molecule has 0 saturated carbocycles. The monoisotopic (exact) mass is 321 g/mol. The van der Waals surface area contributed by atoms with E-state index in [4.69, 9.17) is 4.74 Å². The highest BCUT2D eigenvalue weighted by Crippen LogP contribution is 2.22. The zero-order chi connectivity index (χ0) is 13.8. The summed E-state index contributed by atoms with van der Waals surface area (Å²) in [6.45, 7) is 5.30. The second-order valence-corrected chi connectivity index (χ2v) is 4.58. The molecular weight excluding hydrogens is 310 g/mol. The molecule has 2 rings (SSSR count). The van der Waals surface area contributed by atoms with Gasteiger partial charge in [-0.15, -0.1) is 5.10 Å². The van der Waals surface area contributed by atoms with Crippen LogP contribution < -0.4 is 0 Å². The van der Waals surface area contributed by atoms with Crippen molar-refractivity contribution in [1.82, 2.24) is 15.0 Å². The fraction of sp³-hybridized carbons (Fsp3) is 0.154. The van der Waals surface area contributed by atoms with Crippen molar-refractivity contribution in [3.63, 3.8) is 0 Å². The summed E-state index contributed by atoms with van der Waals surface area (Å²) in [6.07, 6.45) is 1.08. The summed E-state index contributed by atoms with van der Waals surface area (Å²) < 4.78 is 6.66. The number of hydrogen-bond donors (Lipinski definition) is 0. The Hall–Kier alpha value is -1.95. The number of esters is 1. The van der Waals surface area contributed by atoms with Crippen molar-refractivity contribution < 1.29 is 9.53 Å². The molecule has 0 unspecified atom stereocenters. The van der Waals surface area contributed by atoms with E-state index >= 15 is 0 Å². The predicted octanol–water partition coefficient (Wildman–Crippen LogP) is 2.95. The fourth-order valence-corrected chi connectivity index (χ4v) is 2.14. The Kier molecular flexibility index (Phi) is 4.11. The molecule has 0 aliphatic rings. The largest absolute Gasteiger partial charge is 0.430 e. The molecule has 1 aromatic heterocycles. The molecule has 1 aromatic carbocycles. The minimum absolute atomic E-state index is 0.132. The van der Waals surface area contributed by atoms with Gasteiger partial charge in [-0.2, -0.15) is 0 Å². The number of halogens is 1. The minimum atomic E-state index is -0.547. The first-order chi connectivity index (χ1) is 9.15. The lowest BCUT2D eigenvalue weighted by Crippen LogP contribution is -2.16. The van der Waals surface area contributed by atoms with E-state index in [1.807, 2.05) is 37.3 Å². The van der Waals surface area contributed by atoms with Gasteiger partial charge in [0.25, 0.3) is 0 Å². The molecule has 98 valence electrons. The van der Waals surface area contributed by atoms with Crippen molar-refractivity contribution >= 4 is 21.9 Å². The lowest BCUT2D eigenvalue weighted by Gasteiger charge is -2.14. The van der Waals surface area contributed by atoms with Crippen LogP contribution in [0.4, 0.5) is 0 Å². The lowest BCUT2D eigenvalue weighted by molar-refractivity contribution is 0.0648. The van der Waals surface area contributed by atoms with Crippen LogP contribution in [0, 0.1) is 0 Å². The Balaban J connectivity index is 2.41. The zero-order valence-electron chi connectivity index (χ0n) is 10.3. The number of hydrogen-bond acceptors (Lipinski definition) is 4. The van der Waals surface area contributed by atoms with Gasteiger partial charge in [0.05, 0.1) is 12.3 Å². The van der Waals surface area contributed by atoms with Gasteiger partial charge in [-0.1, -0.05) is 42.1 Å². The van der Waals surface area contributed by atoms with Crippen molar-refractivity contribution in [2.45, 2.75) is 13.0 Å². The Bertz CT molecular complexity index is 595. The Labute approximate surface area is 119 Å². The molecule has 0 aliphatic heterocycles. The molecule has 5 nitrogen and oxygen atoms in total. The lowest BCUT2D eigenvalue weighted by atomic mass is 10.1. The fourth-order valence-electron chi connectivity index (χ4n) is 1.73. The first-order valence-corrected chi connectivity index (χ1v) is 6.42. The van der Waals surface area contributed by atoms with E-state index in [0.29, 0.717) is 4.60 Å². The predicted molar refractivity (Wildman–Crippen MR) is 73.6 cm³/mol. The SMILES string of the molecule is C=COC(=O)c1c(Br)nnn1[C@H](C)c1ccccc1. The molecule has 0 amide bonds. The van der Waals surface area contributed by atoms with Gasteiger partial charge in [0.1, 0.15) is 0 Å². The number of aromatic nitrogens is 3. The first kappa shape index (κ1) is 13.5. The Morgan fingerprint density at radius 2 is 2.16 bits per heavy atom. The van der Waals surface area contributed by atoms with E-state index in [9.17, 15) is 4.79 Å². The van der Waals surface area contributed by atoms with Crippen molar-refractivity contribution in [2.24, 2.45) is 0 Å².